The first-order chi connectivity index (χ1) is 9.51. The molecule has 1 rings (SSSR count). The third-order valence-electron chi connectivity index (χ3n) is 3.89. The number of piperidine rings is 1. The van der Waals surface area contributed by atoms with Gasteiger partial charge in [0.05, 0.1) is 12.5 Å². The Balaban J connectivity index is 2.62. The van der Waals surface area contributed by atoms with Gasteiger partial charge in [-0.1, -0.05) is 13.3 Å². The summed E-state index contributed by atoms with van der Waals surface area (Å²) < 4.78 is 0. The number of hydrogen-bond donors (Lipinski definition) is 2. The van der Waals surface area contributed by atoms with Gasteiger partial charge in [0.25, 0.3) is 0 Å². The smallest absolute Gasteiger partial charge is 0.320 e. The van der Waals surface area contributed by atoms with E-state index >= 15 is 0 Å². The number of carbonyl (C=O) groups excluding carboxylic acids is 1. The van der Waals surface area contributed by atoms with Gasteiger partial charge in [-0.15, -0.1) is 0 Å². The van der Waals surface area contributed by atoms with Crippen LogP contribution in [0.2, 0.25) is 0 Å². The van der Waals surface area contributed by atoms with Gasteiger partial charge < -0.3 is 20.0 Å². The highest BCUT2D eigenvalue weighted by molar-refractivity contribution is 5.76. The molecule has 2 amide bonds. The minimum Gasteiger partial charge on any atom is -0.481 e. The lowest BCUT2D eigenvalue weighted by molar-refractivity contribution is -0.143. The van der Waals surface area contributed by atoms with Crippen molar-refractivity contribution in [1.82, 2.24) is 9.80 Å². The van der Waals surface area contributed by atoms with Gasteiger partial charge in [-0.2, -0.15) is 0 Å². The van der Waals surface area contributed by atoms with E-state index in [0.717, 1.165) is 12.8 Å². The fraction of sp³-hybridized carbons (Fsp3) is 0.857. The van der Waals surface area contributed by atoms with E-state index in [9.17, 15) is 9.59 Å². The lowest BCUT2D eigenvalue weighted by Crippen LogP contribution is -2.52. The van der Waals surface area contributed by atoms with Gasteiger partial charge in [-0.25, -0.2) is 4.79 Å². The Labute approximate surface area is 120 Å². The molecule has 0 aromatic rings. The molecule has 2 N–H and O–H groups in total. The minimum absolute atomic E-state index is 0.0462. The normalized spacial score (nSPS) is 22.6. The number of nitrogens with zero attached hydrogens (tertiary/aromatic N) is 2. The maximum atomic E-state index is 12.5. The van der Waals surface area contributed by atoms with E-state index < -0.39 is 5.97 Å². The second-order valence-electron chi connectivity index (χ2n) is 5.45. The van der Waals surface area contributed by atoms with E-state index in [-0.39, 0.29) is 24.6 Å². The zero-order chi connectivity index (χ0) is 15.1. The average molecular weight is 286 g/mol. The topological polar surface area (TPSA) is 81.1 Å². The van der Waals surface area contributed by atoms with Crippen LogP contribution in [0.15, 0.2) is 0 Å². The molecule has 0 aliphatic carbocycles. The number of rotatable bonds is 6. The van der Waals surface area contributed by atoms with Gasteiger partial charge in [0, 0.05) is 25.7 Å². The first-order valence-electron chi connectivity index (χ1n) is 7.40. The molecule has 6 nitrogen and oxygen atoms in total. The molecule has 2 unspecified atom stereocenters. The fourth-order valence-electron chi connectivity index (χ4n) is 2.64. The van der Waals surface area contributed by atoms with Crippen LogP contribution in [-0.4, -0.2) is 64.3 Å². The maximum Gasteiger partial charge on any atom is 0.320 e. The molecule has 0 aromatic heterocycles. The quantitative estimate of drug-likeness (QED) is 0.773. The van der Waals surface area contributed by atoms with Crippen molar-refractivity contribution in [3.63, 3.8) is 0 Å². The van der Waals surface area contributed by atoms with Crippen LogP contribution in [0.25, 0.3) is 0 Å². The van der Waals surface area contributed by atoms with Gasteiger partial charge in [0.1, 0.15) is 0 Å². The molecule has 0 spiro atoms. The molecule has 0 aromatic carbocycles. The highest BCUT2D eigenvalue weighted by atomic mass is 16.4. The Morgan fingerprint density at radius 3 is 2.55 bits per heavy atom. The summed E-state index contributed by atoms with van der Waals surface area (Å²) in [5.41, 5.74) is 0. The van der Waals surface area contributed by atoms with E-state index in [0.29, 0.717) is 32.5 Å². The molecular weight excluding hydrogens is 260 g/mol. The van der Waals surface area contributed by atoms with Crippen molar-refractivity contribution in [2.24, 2.45) is 5.92 Å². The number of carbonyl (C=O) groups is 2. The zero-order valence-electron chi connectivity index (χ0n) is 12.4. The van der Waals surface area contributed by atoms with Crippen molar-refractivity contribution in [1.29, 1.82) is 0 Å². The van der Waals surface area contributed by atoms with Crippen molar-refractivity contribution in [3.05, 3.63) is 0 Å². The number of aliphatic hydroxyl groups excluding tert-OH is 1. The molecule has 1 saturated heterocycles. The van der Waals surface area contributed by atoms with Crippen LogP contribution < -0.4 is 0 Å². The molecule has 0 bridgehead atoms. The number of likely N-dealkylation sites (tertiary alicyclic amines) is 1. The zero-order valence-corrected chi connectivity index (χ0v) is 12.4. The highest BCUT2D eigenvalue weighted by Crippen LogP contribution is 2.24. The van der Waals surface area contributed by atoms with Crippen LogP contribution in [0.3, 0.4) is 0 Å². The van der Waals surface area contributed by atoms with E-state index in [1.54, 1.807) is 9.80 Å². The van der Waals surface area contributed by atoms with Crippen LogP contribution >= 0.6 is 0 Å². The lowest BCUT2D eigenvalue weighted by atomic mass is 9.92. The van der Waals surface area contributed by atoms with Crippen molar-refractivity contribution in [2.75, 3.05) is 26.2 Å². The number of amides is 2. The van der Waals surface area contributed by atoms with Gasteiger partial charge >= 0.3 is 12.0 Å². The monoisotopic (exact) mass is 286 g/mol. The van der Waals surface area contributed by atoms with Crippen molar-refractivity contribution >= 4 is 12.0 Å². The van der Waals surface area contributed by atoms with Gasteiger partial charge in [-0.05, 0) is 26.2 Å². The summed E-state index contributed by atoms with van der Waals surface area (Å²) in [7, 11) is 0. The van der Waals surface area contributed by atoms with E-state index in [1.807, 2.05) is 6.92 Å². The lowest BCUT2D eigenvalue weighted by Gasteiger charge is -2.39. The average Bonchev–Trinajstić information content (AvgIpc) is 2.42. The fourth-order valence-corrected chi connectivity index (χ4v) is 2.64. The summed E-state index contributed by atoms with van der Waals surface area (Å²) in [5.74, 6) is -1.13. The Morgan fingerprint density at radius 1 is 1.35 bits per heavy atom. The van der Waals surface area contributed by atoms with Gasteiger partial charge in [0.2, 0.25) is 0 Å². The van der Waals surface area contributed by atoms with Gasteiger partial charge in [0.15, 0.2) is 0 Å². The number of unbranched alkanes of at least 4 members (excludes halogenated alkanes) is 1. The van der Waals surface area contributed by atoms with Crippen LogP contribution in [0.4, 0.5) is 4.79 Å². The predicted octanol–water partition coefficient (Wildman–Crippen LogP) is 1.39. The number of carboxylic acids is 1. The second kappa shape index (κ2) is 8.09. The summed E-state index contributed by atoms with van der Waals surface area (Å²) in [4.78, 5) is 26.9. The highest BCUT2D eigenvalue weighted by Gasteiger charge is 2.33. The number of aliphatic hydroxyl groups is 1. The molecule has 1 aliphatic rings. The molecule has 2 atom stereocenters. The Bertz CT molecular complexity index is 335. The largest absolute Gasteiger partial charge is 0.481 e. The predicted molar refractivity (Wildman–Crippen MR) is 75.5 cm³/mol. The molecule has 0 radical (unpaired) electrons. The Morgan fingerprint density at radius 2 is 2.05 bits per heavy atom. The molecule has 0 saturated carbocycles. The maximum absolute atomic E-state index is 12.5. The standard InChI is InChI=1S/C14H26N2O4/c1-3-4-6-15(8-9-17)14(20)16-7-5-12(13(18)19)10-11(16)2/h11-12,17H,3-10H2,1-2H3,(H,18,19). The van der Waals surface area contributed by atoms with Crippen LogP contribution in [-0.2, 0) is 4.79 Å². The van der Waals surface area contributed by atoms with Crippen LogP contribution in [0.1, 0.15) is 39.5 Å². The number of hydrogen-bond acceptors (Lipinski definition) is 3. The van der Waals surface area contributed by atoms with E-state index in [4.69, 9.17) is 10.2 Å². The summed E-state index contributed by atoms with van der Waals surface area (Å²) in [5, 5.41) is 18.1. The molecule has 1 heterocycles. The third-order valence-corrected chi connectivity index (χ3v) is 3.89. The molecule has 6 heteroatoms. The first-order valence-corrected chi connectivity index (χ1v) is 7.40. The molecular formula is C14H26N2O4. The number of aliphatic carboxylic acids is 1. The second-order valence-corrected chi connectivity index (χ2v) is 5.45. The molecule has 20 heavy (non-hydrogen) atoms. The molecule has 1 fully saturated rings. The summed E-state index contributed by atoms with van der Waals surface area (Å²) in [6.07, 6.45) is 2.91. The first kappa shape index (κ1) is 16.8. The summed E-state index contributed by atoms with van der Waals surface area (Å²) in [6.45, 7) is 5.36. The molecule has 1 aliphatic heterocycles. The van der Waals surface area contributed by atoms with E-state index in [1.165, 1.54) is 0 Å². The SMILES string of the molecule is CCCCN(CCO)C(=O)N1CCC(C(=O)O)CC1C. The Hall–Kier alpha value is -1.30. The van der Waals surface area contributed by atoms with E-state index in [2.05, 4.69) is 6.92 Å². The van der Waals surface area contributed by atoms with Gasteiger partial charge in [-0.3, -0.25) is 4.79 Å². The van der Waals surface area contributed by atoms with Crippen LogP contribution in [0, 0.1) is 5.92 Å². The summed E-state index contributed by atoms with van der Waals surface area (Å²) in [6, 6.07) is -0.149. The Kier molecular flexibility index (Phi) is 6.78. The number of carboxylic acid groups (broad SMARTS) is 1. The van der Waals surface area contributed by atoms with Crippen molar-refractivity contribution in [2.45, 2.75) is 45.6 Å². The summed E-state index contributed by atoms with van der Waals surface area (Å²) >= 11 is 0. The minimum atomic E-state index is -0.776. The van der Waals surface area contributed by atoms with Crippen molar-refractivity contribution < 1.29 is 19.8 Å². The van der Waals surface area contributed by atoms with Crippen LogP contribution in [0.5, 0.6) is 0 Å². The van der Waals surface area contributed by atoms with Crippen molar-refractivity contribution in [3.8, 4) is 0 Å². The molecule has 116 valence electrons. The number of urea groups is 1. The third kappa shape index (κ3) is 4.37.